The highest BCUT2D eigenvalue weighted by atomic mass is 32.2. The predicted molar refractivity (Wildman–Crippen MR) is 109 cm³/mol. The molecular formula is C21H22FN3O2S. The van der Waals surface area contributed by atoms with Crippen molar-refractivity contribution in [3.8, 4) is 17.1 Å². The number of aryl methyl sites for hydroxylation is 1. The van der Waals surface area contributed by atoms with Gasteiger partial charge in [0.05, 0.1) is 6.10 Å². The summed E-state index contributed by atoms with van der Waals surface area (Å²) in [6.45, 7) is 6.49. The van der Waals surface area contributed by atoms with Gasteiger partial charge in [0.25, 0.3) is 0 Å². The Kier molecular flexibility index (Phi) is 6.84. The molecule has 1 aromatic heterocycles. The van der Waals surface area contributed by atoms with Crippen molar-refractivity contribution in [3.05, 3.63) is 72.6 Å². The van der Waals surface area contributed by atoms with Gasteiger partial charge in [-0.15, -0.1) is 16.8 Å². The monoisotopic (exact) mass is 399 g/mol. The molecule has 2 aromatic carbocycles. The Morgan fingerprint density at radius 3 is 2.57 bits per heavy atom. The third-order valence-corrected chi connectivity index (χ3v) is 5.11. The molecule has 0 bridgehead atoms. The number of nitrogens with zero attached hydrogens (tertiary/aromatic N) is 3. The fourth-order valence-electron chi connectivity index (χ4n) is 2.55. The van der Waals surface area contributed by atoms with Gasteiger partial charge >= 0.3 is 0 Å². The van der Waals surface area contributed by atoms with E-state index in [0.29, 0.717) is 23.3 Å². The third kappa shape index (κ3) is 5.21. The molecule has 146 valence electrons. The maximum atomic E-state index is 13.2. The van der Waals surface area contributed by atoms with Crippen LogP contribution in [0.3, 0.4) is 0 Å². The summed E-state index contributed by atoms with van der Waals surface area (Å²) in [5, 5.41) is 19.3. The molecule has 28 heavy (non-hydrogen) atoms. The highest BCUT2D eigenvalue weighted by Crippen LogP contribution is 2.25. The first kappa shape index (κ1) is 20.1. The van der Waals surface area contributed by atoms with Gasteiger partial charge in [-0.3, -0.25) is 4.57 Å². The van der Waals surface area contributed by atoms with Crippen LogP contribution in [0.1, 0.15) is 5.56 Å². The molecule has 0 unspecified atom stereocenters. The summed E-state index contributed by atoms with van der Waals surface area (Å²) >= 11 is 1.39. The molecule has 0 fully saturated rings. The zero-order chi connectivity index (χ0) is 19.9. The number of ether oxygens (including phenoxy) is 1. The molecule has 0 saturated carbocycles. The molecule has 0 aliphatic carbocycles. The number of hydrogen-bond acceptors (Lipinski definition) is 5. The van der Waals surface area contributed by atoms with E-state index in [4.69, 9.17) is 4.74 Å². The smallest absolute Gasteiger partial charge is 0.191 e. The number of benzene rings is 2. The van der Waals surface area contributed by atoms with Gasteiger partial charge in [0.1, 0.15) is 18.2 Å². The first-order chi connectivity index (χ1) is 13.6. The van der Waals surface area contributed by atoms with E-state index in [1.807, 2.05) is 35.8 Å². The van der Waals surface area contributed by atoms with Gasteiger partial charge in [-0.25, -0.2) is 4.39 Å². The van der Waals surface area contributed by atoms with Crippen molar-refractivity contribution in [2.45, 2.75) is 24.7 Å². The lowest BCUT2D eigenvalue weighted by molar-refractivity contribution is 0.126. The van der Waals surface area contributed by atoms with E-state index in [0.717, 1.165) is 16.9 Å². The number of thioether (sulfide) groups is 1. The van der Waals surface area contributed by atoms with E-state index in [-0.39, 0.29) is 12.4 Å². The van der Waals surface area contributed by atoms with Gasteiger partial charge in [-0.2, -0.15) is 0 Å². The molecule has 0 spiro atoms. The normalized spacial score (nSPS) is 12.0. The molecule has 0 aliphatic heterocycles. The number of aliphatic hydroxyl groups excluding tert-OH is 1. The Labute approximate surface area is 167 Å². The number of aliphatic hydroxyl groups is 1. The number of allylic oxidation sites excluding steroid dienone is 1. The second-order valence-corrected chi connectivity index (χ2v) is 7.29. The van der Waals surface area contributed by atoms with Gasteiger partial charge < -0.3 is 9.84 Å². The Morgan fingerprint density at radius 1 is 1.18 bits per heavy atom. The van der Waals surface area contributed by atoms with E-state index >= 15 is 0 Å². The van der Waals surface area contributed by atoms with Crippen molar-refractivity contribution >= 4 is 11.8 Å². The Bertz CT molecular complexity index is 910. The molecule has 5 nitrogen and oxygen atoms in total. The minimum Gasteiger partial charge on any atom is -0.491 e. The minimum atomic E-state index is -0.658. The lowest BCUT2D eigenvalue weighted by Gasteiger charge is -2.13. The predicted octanol–water partition coefficient (Wildman–Crippen LogP) is 4.11. The Hall–Kier alpha value is -2.64. The van der Waals surface area contributed by atoms with Gasteiger partial charge in [-0.05, 0) is 43.3 Å². The van der Waals surface area contributed by atoms with Crippen molar-refractivity contribution in [1.29, 1.82) is 0 Å². The average Bonchev–Trinajstić information content (AvgIpc) is 3.09. The molecule has 7 heteroatoms. The summed E-state index contributed by atoms with van der Waals surface area (Å²) in [5.41, 5.74) is 1.92. The summed E-state index contributed by atoms with van der Waals surface area (Å²) in [6, 6.07) is 13.8. The van der Waals surface area contributed by atoms with Crippen LogP contribution < -0.4 is 4.74 Å². The van der Waals surface area contributed by atoms with Crippen molar-refractivity contribution in [2.75, 3.05) is 12.4 Å². The van der Waals surface area contributed by atoms with Crippen molar-refractivity contribution < 1.29 is 14.2 Å². The molecule has 1 N–H and O–H groups in total. The fraction of sp³-hybridized carbons (Fsp3) is 0.238. The van der Waals surface area contributed by atoms with Crippen LogP contribution in [0, 0.1) is 12.7 Å². The molecule has 0 radical (unpaired) electrons. The van der Waals surface area contributed by atoms with Crippen LogP contribution >= 0.6 is 11.8 Å². The summed E-state index contributed by atoms with van der Waals surface area (Å²) in [6.07, 6.45) is 1.09. The van der Waals surface area contributed by atoms with Gasteiger partial charge in [-0.1, -0.05) is 35.5 Å². The van der Waals surface area contributed by atoms with Gasteiger partial charge in [0.15, 0.2) is 11.0 Å². The minimum absolute atomic E-state index is 0.191. The van der Waals surface area contributed by atoms with Crippen LogP contribution in [0.15, 0.2) is 66.3 Å². The summed E-state index contributed by atoms with van der Waals surface area (Å²) in [5.74, 6) is 1.46. The summed E-state index contributed by atoms with van der Waals surface area (Å²) in [4.78, 5) is 0. The standard InChI is InChI=1S/C21H22FN3O2S/c1-3-12-25-20(16-6-8-17(22)9-7-16)23-24-21(25)28-14-18(26)13-27-19-10-4-15(2)5-11-19/h3-11,18,26H,1,12-14H2,2H3/t18-/m0/s1. The van der Waals surface area contributed by atoms with Crippen molar-refractivity contribution in [3.63, 3.8) is 0 Å². The summed E-state index contributed by atoms with van der Waals surface area (Å²) in [7, 11) is 0. The molecular weight excluding hydrogens is 377 g/mol. The van der Waals surface area contributed by atoms with Gasteiger partial charge in [0, 0.05) is 17.9 Å². The van der Waals surface area contributed by atoms with Crippen LogP contribution in [-0.2, 0) is 6.54 Å². The van der Waals surface area contributed by atoms with Crippen LogP contribution in [0.25, 0.3) is 11.4 Å². The highest BCUT2D eigenvalue weighted by molar-refractivity contribution is 7.99. The molecule has 0 amide bonds. The topological polar surface area (TPSA) is 60.2 Å². The fourth-order valence-corrected chi connectivity index (χ4v) is 3.40. The van der Waals surface area contributed by atoms with Crippen molar-refractivity contribution in [2.24, 2.45) is 0 Å². The second kappa shape index (κ2) is 9.52. The maximum Gasteiger partial charge on any atom is 0.191 e. The van der Waals surface area contributed by atoms with E-state index < -0.39 is 6.10 Å². The number of halogens is 1. The van der Waals surface area contributed by atoms with Crippen LogP contribution in [0.4, 0.5) is 4.39 Å². The SMILES string of the molecule is C=CCn1c(SC[C@@H](O)COc2ccc(C)cc2)nnc1-c1ccc(F)cc1. The quantitative estimate of drug-likeness (QED) is 0.433. The number of rotatable bonds is 9. The first-order valence-corrected chi connectivity index (χ1v) is 9.85. The lowest BCUT2D eigenvalue weighted by Crippen LogP contribution is -2.20. The molecule has 0 aliphatic rings. The zero-order valence-electron chi connectivity index (χ0n) is 15.6. The number of hydrogen-bond donors (Lipinski definition) is 1. The van der Waals surface area contributed by atoms with Crippen molar-refractivity contribution in [1.82, 2.24) is 14.8 Å². The van der Waals surface area contributed by atoms with E-state index in [9.17, 15) is 9.50 Å². The second-order valence-electron chi connectivity index (χ2n) is 6.30. The van der Waals surface area contributed by atoms with Gasteiger partial charge in [0.2, 0.25) is 0 Å². The third-order valence-electron chi connectivity index (χ3n) is 4.00. The zero-order valence-corrected chi connectivity index (χ0v) is 16.4. The highest BCUT2D eigenvalue weighted by Gasteiger charge is 2.15. The molecule has 0 saturated heterocycles. The molecule has 1 heterocycles. The average molecular weight is 399 g/mol. The number of aromatic nitrogens is 3. The lowest BCUT2D eigenvalue weighted by atomic mass is 10.2. The Balaban J connectivity index is 1.62. The van der Waals surface area contributed by atoms with Crippen LogP contribution in [0.2, 0.25) is 0 Å². The Morgan fingerprint density at radius 2 is 1.89 bits per heavy atom. The van der Waals surface area contributed by atoms with E-state index in [1.165, 1.54) is 23.9 Å². The summed E-state index contributed by atoms with van der Waals surface area (Å²) < 4.78 is 20.7. The first-order valence-electron chi connectivity index (χ1n) is 8.87. The molecule has 3 rings (SSSR count). The molecule has 1 atom stereocenters. The maximum absolute atomic E-state index is 13.2. The van der Waals surface area contributed by atoms with E-state index in [2.05, 4.69) is 16.8 Å². The largest absolute Gasteiger partial charge is 0.491 e. The van der Waals surface area contributed by atoms with Crippen LogP contribution in [-0.4, -0.2) is 38.3 Å². The van der Waals surface area contributed by atoms with E-state index in [1.54, 1.807) is 18.2 Å². The van der Waals surface area contributed by atoms with Crippen LogP contribution in [0.5, 0.6) is 5.75 Å². The molecule has 3 aromatic rings.